The average molecular weight is 484 g/mol. The molecular formula is C22H27ClFN3O4S. The smallest absolute Gasteiger partial charge is 0.243 e. The van der Waals surface area contributed by atoms with Crippen LogP contribution in [0, 0.1) is 5.82 Å². The molecule has 1 aliphatic heterocycles. The largest absolute Gasteiger partial charge is 0.492 e. The summed E-state index contributed by atoms with van der Waals surface area (Å²) < 4.78 is 46.7. The maximum atomic E-state index is 14.0. The lowest BCUT2D eigenvalue weighted by Crippen LogP contribution is -2.52. The second kappa shape index (κ2) is 10.5. The van der Waals surface area contributed by atoms with Gasteiger partial charge in [0, 0.05) is 32.7 Å². The summed E-state index contributed by atoms with van der Waals surface area (Å²) in [5.41, 5.74) is 0.504. The van der Waals surface area contributed by atoms with Crippen molar-refractivity contribution in [1.29, 1.82) is 0 Å². The highest BCUT2D eigenvalue weighted by atomic mass is 35.5. The lowest BCUT2D eigenvalue weighted by atomic mass is 10.2. The third-order valence-corrected chi connectivity index (χ3v) is 7.54. The molecule has 1 heterocycles. The molecule has 10 heteroatoms. The summed E-state index contributed by atoms with van der Waals surface area (Å²) in [5.74, 6) is -0.190. The van der Waals surface area contributed by atoms with Crippen molar-refractivity contribution < 1.29 is 22.3 Å². The maximum absolute atomic E-state index is 14.0. The Morgan fingerprint density at radius 2 is 1.81 bits per heavy atom. The number of piperazine rings is 1. The first kappa shape index (κ1) is 24.3. The highest BCUT2D eigenvalue weighted by molar-refractivity contribution is 7.89. The van der Waals surface area contributed by atoms with Crippen molar-refractivity contribution in [3.8, 4) is 5.75 Å². The number of nitrogens with zero attached hydrogens (tertiary/aromatic N) is 3. The number of benzene rings is 2. The quantitative estimate of drug-likeness (QED) is 0.576. The fourth-order valence-electron chi connectivity index (χ4n) is 3.59. The van der Waals surface area contributed by atoms with Crippen molar-refractivity contribution in [3.63, 3.8) is 0 Å². The van der Waals surface area contributed by atoms with Crippen molar-refractivity contribution in [1.82, 2.24) is 9.21 Å². The zero-order valence-corrected chi connectivity index (χ0v) is 19.7. The van der Waals surface area contributed by atoms with Crippen molar-refractivity contribution in [2.45, 2.75) is 18.7 Å². The summed E-state index contributed by atoms with van der Waals surface area (Å²) in [5, 5.41) is 0.194. The number of carbonyl (C=O) groups excluding carboxylic acids is 1. The van der Waals surface area contributed by atoms with Crippen LogP contribution in [0.2, 0.25) is 5.02 Å². The van der Waals surface area contributed by atoms with Gasteiger partial charge in [-0.2, -0.15) is 4.31 Å². The first-order valence-electron chi connectivity index (χ1n) is 10.5. The van der Waals surface area contributed by atoms with Crippen LogP contribution in [-0.2, 0) is 14.8 Å². The van der Waals surface area contributed by atoms with E-state index < -0.39 is 10.0 Å². The molecule has 174 valence electrons. The molecule has 0 atom stereocenters. The van der Waals surface area contributed by atoms with E-state index in [1.807, 2.05) is 11.8 Å². The van der Waals surface area contributed by atoms with E-state index in [-0.39, 0.29) is 34.7 Å². The summed E-state index contributed by atoms with van der Waals surface area (Å²) >= 11 is 6.15. The molecule has 0 bridgehead atoms. The molecule has 0 radical (unpaired) electrons. The number of anilines is 1. The zero-order chi connectivity index (χ0) is 23.3. The average Bonchev–Trinajstić information content (AvgIpc) is 2.79. The number of likely N-dealkylation sites (N-methyl/N-ethyl adjacent to an activating group) is 1. The molecule has 0 aliphatic carbocycles. The topological polar surface area (TPSA) is 70.2 Å². The fourth-order valence-corrected chi connectivity index (χ4v) is 5.31. The monoisotopic (exact) mass is 483 g/mol. The Labute approximate surface area is 193 Å². The molecule has 2 aromatic carbocycles. The van der Waals surface area contributed by atoms with Gasteiger partial charge in [-0.1, -0.05) is 30.7 Å². The number of amides is 1. The van der Waals surface area contributed by atoms with Crippen LogP contribution in [0.4, 0.5) is 10.1 Å². The number of hydrogen-bond donors (Lipinski definition) is 0. The van der Waals surface area contributed by atoms with E-state index in [9.17, 15) is 17.6 Å². The molecular weight excluding hydrogens is 457 g/mol. The summed E-state index contributed by atoms with van der Waals surface area (Å²) in [7, 11) is -3.91. The number of carbonyl (C=O) groups is 1. The van der Waals surface area contributed by atoms with E-state index in [1.165, 1.54) is 24.3 Å². The molecule has 1 aliphatic rings. The maximum Gasteiger partial charge on any atom is 0.243 e. The highest BCUT2D eigenvalue weighted by Gasteiger charge is 2.29. The molecule has 0 unspecified atom stereocenters. The van der Waals surface area contributed by atoms with E-state index in [4.69, 9.17) is 16.3 Å². The number of hydrogen-bond acceptors (Lipinski definition) is 5. The minimum absolute atomic E-state index is 0.00461. The van der Waals surface area contributed by atoms with Crippen LogP contribution in [0.5, 0.6) is 5.75 Å². The Balaban J connectivity index is 1.66. The normalized spacial score (nSPS) is 14.7. The standard InChI is InChI=1S/C22H27ClFN3O4S/c1-3-27(32(29,30)17-9-10-21(31-4-2)18(23)15-17)16-22(28)26-13-11-25(12-14-26)20-8-6-5-7-19(20)24/h5-10,15H,3-4,11-14,16H2,1-2H3. The van der Waals surface area contributed by atoms with Gasteiger partial charge in [0.25, 0.3) is 0 Å². The summed E-state index contributed by atoms with van der Waals surface area (Å²) in [6.07, 6.45) is 0. The van der Waals surface area contributed by atoms with Gasteiger partial charge >= 0.3 is 0 Å². The number of halogens is 2. The SMILES string of the molecule is CCOc1ccc(S(=O)(=O)N(CC)CC(=O)N2CCN(c3ccccc3F)CC2)cc1Cl. The Kier molecular flexibility index (Phi) is 7.97. The highest BCUT2D eigenvalue weighted by Crippen LogP contribution is 2.29. The van der Waals surface area contributed by atoms with E-state index in [0.717, 1.165) is 4.31 Å². The third-order valence-electron chi connectivity index (χ3n) is 5.33. The summed E-state index contributed by atoms with van der Waals surface area (Å²) in [4.78, 5) is 16.3. The van der Waals surface area contributed by atoms with Gasteiger partial charge in [0.1, 0.15) is 11.6 Å². The molecule has 1 saturated heterocycles. The van der Waals surface area contributed by atoms with Crippen LogP contribution >= 0.6 is 11.6 Å². The molecule has 2 aromatic rings. The van der Waals surface area contributed by atoms with Gasteiger partial charge in [0.05, 0.1) is 28.8 Å². The number of para-hydroxylation sites is 1. The predicted octanol–water partition coefficient (Wildman–Crippen LogP) is 3.24. The first-order chi connectivity index (χ1) is 15.3. The van der Waals surface area contributed by atoms with Crippen LogP contribution in [0.15, 0.2) is 47.4 Å². The van der Waals surface area contributed by atoms with Gasteiger partial charge in [-0.25, -0.2) is 12.8 Å². The Morgan fingerprint density at radius 3 is 2.41 bits per heavy atom. The van der Waals surface area contributed by atoms with Crippen LogP contribution < -0.4 is 9.64 Å². The van der Waals surface area contributed by atoms with Gasteiger partial charge < -0.3 is 14.5 Å². The minimum Gasteiger partial charge on any atom is -0.492 e. The Morgan fingerprint density at radius 1 is 1.12 bits per heavy atom. The van der Waals surface area contributed by atoms with Crippen molar-refractivity contribution in [2.75, 3.05) is 50.8 Å². The van der Waals surface area contributed by atoms with E-state index >= 15 is 0 Å². The first-order valence-corrected chi connectivity index (χ1v) is 12.3. The van der Waals surface area contributed by atoms with Crippen LogP contribution in [0.25, 0.3) is 0 Å². The molecule has 32 heavy (non-hydrogen) atoms. The van der Waals surface area contributed by atoms with Gasteiger partial charge in [-0.05, 0) is 37.3 Å². The second-order valence-corrected chi connectivity index (χ2v) is 9.62. The summed E-state index contributed by atoms with van der Waals surface area (Å²) in [6, 6.07) is 10.8. The van der Waals surface area contributed by atoms with Gasteiger partial charge in [-0.3, -0.25) is 4.79 Å². The molecule has 0 spiro atoms. The molecule has 0 saturated carbocycles. The van der Waals surface area contributed by atoms with E-state index in [1.54, 1.807) is 30.0 Å². The fraction of sp³-hybridized carbons (Fsp3) is 0.409. The number of rotatable bonds is 8. The van der Waals surface area contributed by atoms with Crippen LogP contribution in [0.1, 0.15) is 13.8 Å². The Bertz CT molecular complexity index is 1060. The lowest BCUT2D eigenvalue weighted by molar-refractivity contribution is -0.131. The van der Waals surface area contributed by atoms with Crippen molar-refractivity contribution in [2.24, 2.45) is 0 Å². The number of sulfonamides is 1. The molecule has 0 aromatic heterocycles. The molecule has 3 rings (SSSR count). The lowest BCUT2D eigenvalue weighted by Gasteiger charge is -2.37. The number of ether oxygens (including phenoxy) is 1. The van der Waals surface area contributed by atoms with Crippen LogP contribution in [0.3, 0.4) is 0 Å². The van der Waals surface area contributed by atoms with E-state index in [0.29, 0.717) is 44.2 Å². The third kappa shape index (κ3) is 5.33. The Hall–Kier alpha value is -2.36. The molecule has 0 N–H and O–H groups in total. The van der Waals surface area contributed by atoms with E-state index in [2.05, 4.69) is 0 Å². The molecule has 1 fully saturated rings. The minimum atomic E-state index is -3.91. The zero-order valence-electron chi connectivity index (χ0n) is 18.1. The van der Waals surface area contributed by atoms with Crippen LogP contribution in [-0.4, -0.2) is 69.4 Å². The van der Waals surface area contributed by atoms with Gasteiger partial charge in [0.2, 0.25) is 15.9 Å². The molecule has 1 amide bonds. The van der Waals surface area contributed by atoms with Crippen molar-refractivity contribution >= 4 is 33.2 Å². The van der Waals surface area contributed by atoms with Gasteiger partial charge in [-0.15, -0.1) is 0 Å². The van der Waals surface area contributed by atoms with Gasteiger partial charge in [0.15, 0.2) is 0 Å². The summed E-state index contributed by atoms with van der Waals surface area (Å²) in [6.45, 7) is 5.47. The second-order valence-electron chi connectivity index (χ2n) is 7.28. The molecule has 7 nitrogen and oxygen atoms in total. The van der Waals surface area contributed by atoms with Crippen molar-refractivity contribution in [3.05, 3.63) is 53.3 Å². The predicted molar refractivity (Wildman–Crippen MR) is 122 cm³/mol.